The Morgan fingerprint density at radius 1 is 1.39 bits per heavy atom. The third-order valence-corrected chi connectivity index (χ3v) is 7.28. The highest BCUT2D eigenvalue weighted by molar-refractivity contribution is 7.52. The van der Waals surface area contributed by atoms with Gasteiger partial charge in [0.05, 0.1) is 32.3 Å². The van der Waals surface area contributed by atoms with Gasteiger partial charge in [0.15, 0.2) is 17.4 Å². The van der Waals surface area contributed by atoms with E-state index in [-0.39, 0.29) is 24.1 Å². The Morgan fingerprint density at radius 2 is 2.11 bits per heavy atom. The number of nitrogen functional groups attached to an aromatic ring is 1. The van der Waals surface area contributed by atoms with E-state index in [0.29, 0.717) is 5.52 Å². The van der Waals surface area contributed by atoms with Crippen LogP contribution in [0.5, 0.6) is 5.88 Å². The van der Waals surface area contributed by atoms with Crippen LogP contribution in [-0.4, -0.2) is 62.8 Å². The zero-order chi connectivity index (χ0) is 26.1. The number of nitrogens with two attached hydrogens (primary N) is 1. The van der Waals surface area contributed by atoms with Gasteiger partial charge in [0.1, 0.15) is 11.6 Å². The lowest BCUT2D eigenvalue weighted by molar-refractivity contribution is -0.0435. The van der Waals surface area contributed by atoms with Crippen molar-refractivity contribution in [2.24, 2.45) is 5.11 Å². The topological polar surface area (TPSA) is 193 Å². The average Bonchev–Trinajstić information content (AvgIpc) is 3.36. The van der Waals surface area contributed by atoms with Crippen molar-refractivity contribution in [2.75, 3.05) is 26.1 Å². The van der Waals surface area contributed by atoms with E-state index in [1.807, 2.05) is 30.3 Å². The maximum Gasteiger partial charge on any atom is 0.328 e. The largest absolute Gasteiger partial charge is 0.479 e. The smallest absolute Gasteiger partial charge is 0.328 e. The fraction of sp³-hybridized carbons (Fsp3) is 0.476. The molecule has 1 aliphatic rings. The fourth-order valence-corrected chi connectivity index (χ4v) is 5.29. The molecule has 1 unspecified atom stereocenters. The van der Waals surface area contributed by atoms with Crippen molar-refractivity contribution >= 4 is 24.7 Å². The van der Waals surface area contributed by atoms with Gasteiger partial charge in [-0.1, -0.05) is 35.4 Å². The summed E-state index contributed by atoms with van der Waals surface area (Å²) in [4.78, 5) is 15.4. The van der Waals surface area contributed by atoms with E-state index in [2.05, 4.69) is 25.0 Å². The molecule has 0 bridgehead atoms. The molecule has 0 amide bonds. The number of aliphatic hydroxyl groups is 1. The minimum atomic E-state index is -3.55. The van der Waals surface area contributed by atoms with Gasteiger partial charge >= 0.3 is 7.60 Å². The standard InChI is InChI=1S/C21H27N8O6P/c1-12(13-8-6-5-7-9-13)35-36(4,31)33-10-14-16(30)21(2,27-28-23)19(34-14)29-11-24-15-17(29)25-20(22)26-18(15)32-3/h5-9,11-12,14,16,19,30H,10H2,1-4H3,(H2,22,25,26)/t12-,14+,16+,19+,21+,36?/m0/s1. The van der Waals surface area contributed by atoms with E-state index < -0.39 is 37.7 Å². The van der Waals surface area contributed by atoms with Crippen LogP contribution in [0.1, 0.15) is 31.7 Å². The molecule has 3 aromatic rings. The molecule has 0 radical (unpaired) electrons. The molecule has 1 fully saturated rings. The van der Waals surface area contributed by atoms with Crippen molar-refractivity contribution in [1.29, 1.82) is 0 Å². The van der Waals surface area contributed by atoms with Gasteiger partial charge in [-0.2, -0.15) is 9.97 Å². The number of fused-ring (bicyclic) bond motifs is 1. The summed E-state index contributed by atoms with van der Waals surface area (Å²) in [7, 11) is -2.14. The van der Waals surface area contributed by atoms with Crippen LogP contribution in [0.25, 0.3) is 21.6 Å². The number of hydrogen-bond donors (Lipinski definition) is 2. The molecule has 4 rings (SSSR count). The number of benzene rings is 1. The number of rotatable bonds is 9. The van der Waals surface area contributed by atoms with Crippen molar-refractivity contribution in [3.63, 3.8) is 0 Å². The van der Waals surface area contributed by atoms with Crippen LogP contribution in [0.4, 0.5) is 5.95 Å². The molecule has 14 nitrogen and oxygen atoms in total. The van der Waals surface area contributed by atoms with E-state index in [1.165, 1.54) is 31.6 Å². The third kappa shape index (κ3) is 4.87. The molecule has 3 N–H and O–H groups in total. The molecule has 3 heterocycles. The second-order valence-electron chi connectivity index (χ2n) is 8.53. The number of hydrogen-bond acceptors (Lipinski definition) is 11. The maximum atomic E-state index is 13.0. The van der Waals surface area contributed by atoms with Gasteiger partial charge in [0, 0.05) is 11.6 Å². The molecule has 2 aromatic heterocycles. The number of nitrogens with zero attached hydrogens (tertiary/aromatic N) is 7. The molecule has 36 heavy (non-hydrogen) atoms. The Morgan fingerprint density at radius 3 is 2.78 bits per heavy atom. The van der Waals surface area contributed by atoms with Gasteiger partial charge in [-0.15, -0.1) is 0 Å². The molecule has 1 aromatic carbocycles. The number of azide groups is 1. The van der Waals surface area contributed by atoms with Crippen LogP contribution in [0.2, 0.25) is 0 Å². The van der Waals surface area contributed by atoms with Crippen molar-refractivity contribution in [3.05, 3.63) is 52.7 Å². The van der Waals surface area contributed by atoms with Crippen LogP contribution in [-0.2, 0) is 18.3 Å². The van der Waals surface area contributed by atoms with Gasteiger partial charge < -0.3 is 29.4 Å². The van der Waals surface area contributed by atoms with Crippen molar-refractivity contribution in [1.82, 2.24) is 19.5 Å². The highest BCUT2D eigenvalue weighted by Crippen LogP contribution is 2.50. The lowest BCUT2D eigenvalue weighted by Gasteiger charge is -2.28. The summed E-state index contributed by atoms with van der Waals surface area (Å²) in [5.41, 5.74) is 14.9. The van der Waals surface area contributed by atoms with Crippen LogP contribution in [0, 0.1) is 0 Å². The first-order chi connectivity index (χ1) is 17.1. The van der Waals surface area contributed by atoms with E-state index in [9.17, 15) is 15.2 Å². The Hall–Kier alpha value is -3.25. The van der Waals surface area contributed by atoms with Gasteiger partial charge in [-0.3, -0.25) is 9.13 Å². The molecular formula is C21H27N8O6P. The first kappa shape index (κ1) is 25.8. The first-order valence-corrected chi connectivity index (χ1v) is 13.0. The molecule has 0 spiro atoms. The Kier molecular flexibility index (Phi) is 7.19. The first-order valence-electron chi connectivity index (χ1n) is 11.0. The molecule has 0 saturated carbocycles. The molecule has 0 aliphatic carbocycles. The van der Waals surface area contributed by atoms with Crippen LogP contribution in [0.3, 0.4) is 0 Å². The van der Waals surface area contributed by atoms with Crippen LogP contribution in [0.15, 0.2) is 41.8 Å². The fourth-order valence-electron chi connectivity index (χ4n) is 4.11. The summed E-state index contributed by atoms with van der Waals surface area (Å²) in [5.74, 6) is 0.0818. The number of ether oxygens (including phenoxy) is 2. The minimum Gasteiger partial charge on any atom is -0.479 e. The Labute approximate surface area is 206 Å². The SMILES string of the molecule is COc1nc(N)nc2c1ncn2[C@@H]1O[C@H](COP(C)(=O)O[C@@H](C)c2ccccc2)[C@@H](O)[C@@]1(C)N=[N+]=[N-]. The Balaban J connectivity index is 1.57. The van der Waals surface area contributed by atoms with Crippen molar-refractivity contribution in [2.45, 2.75) is 43.9 Å². The number of methoxy groups -OCH3 is 1. The summed E-state index contributed by atoms with van der Waals surface area (Å²) < 4.78 is 37.0. The predicted octanol–water partition coefficient (Wildman–Crippen LogP) is 3.36. The lowest BCUT2D eigenvalue weighted by atomic mass is 9.93. The van der Waals surface area contributed by atoms with Gasteiger partial charge in [0.25, 0.3) is 0 Å². The van der Waals surface area contributed by atoms with E-state index in [4.69, 9.17) is 24.3 Å². The van der Waals surface area contributed by atoms with Gasteiger partial charge in [-0.05, 0) is 24.9 Å². The van der Waals surface area contributed by atoms with E-state index in [1.54, 1.807) is 6.92 Å². The number of aromatic nitrogens is 4. The quantitative estimate of drug-likeness (QED) is 0.184. The van der Waals surface area contributed by atoms with E-state index >= 15 is 0 Å². The molecule has 192 valence electrons. The summed E-state index contributed by atoms with van der Waals surface area (Å²) in [5, 5.41) is 14.9. The summed E-state index contributed by atoms with van der Waals surface area (Å²) in [6, 6.07) is 9.28. The molecule has 1 aliphatic heterocycles. The predicted molar refractivity (Wildman–Crippen MR) is 129 cm³/mol. The van der Waals surface area contributed by atoms with Gasteiger partial charge in [-0.25, -0.2) is 4.98 Å². The van der Waals surface area contributed by atoms with Crippen molar-refractivity contribution in [3.8, 4) is 5.88 Å². The minimum absolute atomic E-state index is 0.0679. The van der Waals surface area contributed by atoms with E-state index in [0.717, 1.165) is 5.56 Å². The molecule has 15 heteroatoms. The third-order valence-electron chi connectivity index (χ3n) is 5.96. The summed E-state index contributed by atoms with van der Waals surface area (Å²) >= 11 is 0. The van der Waals surface area contributed by atoms with Crippen LogP contribution < -0.4 is 10.5 Å². The summed E-state index contributed by atoms with van der Waals surface area (Å²) in [6.45, 7) is 4.33. The molecule has 6 atom stereocenters. The number of anilines is 1. The number of aliphatic hydroxyl groups excluding tert-OH is 1. The zero-order valence-electron chi connectivity index (χ0n) is 20.1. The van der Waals surface area contributed by atoms with Crippen molar-refractivity contribution < 1.29 is 28.2 Å². The summed E-state index contributed by atoms with van der Waals surface area (Å²) in [6.07, 6.45) is -2.50. The molecule has 1 saturated heterocycles. The second kappa shape index (κ2) is 10.0. The zero-order valence-corrected chi connectivity index (χ0v) is 21.0. The lowest BCUT2D eigenvalue weighted by Crippen LogP contribution is -2.42. The normalized spacial score (nSPS) is 26.3. The van der Waals surface area contributed by atoms with Crippen LogP contribution >= 0.6 is 7.60 Å². The maximum absolute atomic E-state index is 13.0. The second-order valence-corrected chi connectivity index (χ2v) is 10.5. The monoisotopic (exact) mass is 518 g/mol. The number of imidazole rings is 1. The average molecular weight is 518 g/mol. The Bertz CT molecular complexity index is 1330. The van der Waals surface area contributed by atoms with Gasteiger partial charge in [0.2, 0.25) is 11.8 Å². The highest BCUT2D eigenvalue weighted by Gasteiger charge is 2.54. The molecular weight excluding hydrogens is 491 g/mol. The highest BCUT2D eigenvalue weighted by atomic mass is 31.2.